The van der Waals surface area contributed by atoms with Crippen LogP contribution < -0.4 is 21.7 Å². The van der Waals surface area contributed by atoms with Crippen LogP contribution in [0.1, 0.15) is 66.7 Å². The number of nitrogens with one attached hydrogen (secondary N) is 4. The molecule has 2 heterocycles. The van der Waals surface area contributed by atoms with Crippen molar-refractivity contribution in [3.63, 3.8) is 0 Å². The summed E-state index contributed by atoms with van der Waals surface area (Å²) in [4.78, 5) is 44.1. The van der Waals surface area contributed by atoms with Crippen LogP contribution in [-0.4, -0.2) is 51.5 Å². The minimum atomic E-state index is -0.759. The molecule has 1 atom stereocenters. The van der Waals surface area contributed by atoms with Crippen molar-refractivity contribution in [3.8, 4) is 11.1 Å². The topological polar surface area (TPSA) is 155 Å². The third-order valence-electron chi connectivity index (χ3n) is 9.36. The summed E-state index contributed by atoms with van der Waals surface area (Å²) < 4.78 is 0. The van der Waals surface area contributed by atoms with E-state index >= 15 is 0 Å². The number of aryl methyl sites for hydroxylation is 1. The van der Waals surface area contributed by atoms with Gasteiger partial charge in [-0.3, -0.25) is 19.5 Å². The lowest BCUT2D eigenvalue weighted by atomic mass is 9.81. The number of fused-ring (bicyclic) bond motifs is 1. The Morgan fingerprint density at radius 1 is 0.978 bits per heavy atom. The number of nitrogens with two attached hydrogens (primary N) is 1. The molecule has 10 heteroatoms. The van der Waals surface area contributed by atoms with Gasteiger partial charge in [0.1, 0.15) is 11.7 Å². The van der Waals surface area contributed by atoms with Crippen LogP contribution in [-0.2, 0) is 16.0 Å². The number of pyridine rings is 1. The zero-order valence-electron chi connectivity index (χ0n) is 25.6. The summed E-state index contributed by atoms with van der Waals surface area (Å²) in [6.07, 6.45) is 8.68. The number of aromatic nitrogens is 3. The van der Waals surface area contributed by atoms with Crippen LogP contribution >= 0.6 is 0 Å². The highest BCUT2D eigenvalue weighted by Crippen LogP contribution is 2.29. The first-order valence-electron chi connectivity index (χ1n) is 16.0. The Morgan fingerprint density at radius 3 is 2.44 bits per heavy atom. The zero-order valence-corrected chi connectivity index (χ0v) is 25.6. The number of carbonyl (C=O) groups is 3. The number of benzene rings is 2. The summed E-state index contributed by atoms with van der Waals surface area (Å²) in [6.45, 7) is 2.55. The van der Waals surface area contributed by atoms with Gasteiger partial charge < -0.3 is 21.7 Å². The van der Waals surface area contributed by atoms with E-state index < -0.39 is 6.04 Å². The number of rotatable bonds is 10. The van der Waals surface area contributed by atoms with E-state index in [2.05, 4.69) is 31.1 Å². The van der Waals surface area contributed by atoms with Gasteiger partial charge in [-0.15, -0.1) is 0 Å². The molecule has 2 fully saturated rings. The summed E-state index contributed by atoms with van der Waals surface area (Å²) in [6, 6.07) is 16.7. The molecule has 0 radical (unpaired) electrons. The van der Waals surface area contributed by atoms with Gasteiger partial charge in [0.05, 0.1) is 11.7 Å². The van der Waals surface area contributed by atoms with E-state index in [4.69, 9.17) is 5.73 Å². The number of aromatic amines is 1. The molecule has 4 aromatic rings. The van der Waals surface area contributed by atoms with E-state index in [1.54, 1.807) is 12.3 Å². The third-order valence-corrected chi connectivity index (χ3v) is 9.36. The Kier molecular flexibility index (Phi) is 9.21. The molecule has 2 aliphatic rings. The molecule has 0 spiro atoms. The van der Waals surface area contributed by atoms with Crippen LogP contribution in [0.3, 0.4) is 0 Å². The lowest BCUT2D eigenvalue weighted by molar-refractivity contribution is -0.130. The minimum absolute atomic E-state index is 0.0885. The lowest BCUT2D eigenvalue weighted by Crippen LogP contribution is -2.48. The van der Waals surface area contributed by atoms with E-state index in [1.165, 1.54) is 0 Å². The van der Waals surface area contributed by atoms with E-state index in [0.29, 0.717) is 30.3 Å². The Morgan fingerprint density at radius 2 is 1.76 bits per heavy atom. The first kappa shape index (κ1) is 30.5. The molecule has 0 unspecified atom stereocenters. The standard InChI is InChI=1S/C35H41N7O3/c1-21-29(15-16-30(38-21)34(44)39-27-3-2-4-27)24-9-5-22(6-10-24)17-32(41-33(43)25-11-7-23(19-36)8-12-25)35(45)40-28-14-13-26-20-37-42-31(26)18-28/h5-6,9-10,13-16,18,20,23,25,27,32H,2-4,7-8,11-12,17,19,36H2,1H3,(H,37,42)(H,39,44)(H,40,45)(H,41,43)/t23-,25-,32-/m0/s1. The molecule has 6 rings (SSSR count). The number of amides is 3. The fourth-order valence-corrected chi connectivity index (χ4v) is 6.26. The van der Waals surface area contributed by atoms with Crippen molar-refractivity contribution in [3.05, 3.63) is 77.7 Å². The van der Waals surface area contributed by atoms with Gasteiger partial charge in [0.2, 0.25) is 11.8 Å². The number of anilines is 1. The van der Waals surface area contributed by atoms with Gasteiger partial charge in [-0.1, -0.05) is 30.3 Å². The maximum Gasteiger partial charge on any atom is 0.270 e. The molecule has 2 saturated carbocycles. The number of hydrogen-bond donors (Lipinski definition) is 5. The van der Waals surface area contributed by atoms with Crippen LogP contribution in [0.2, 0.25) is 0 Å². The summed E-state index contributed by atoms with van der Waals surface area (Å²) >= 11 is 0. The second-order valence-electron chi connectivity index (χ2n) is 12.5. The molecule has 6 N–H and O–H groups in total. The molecule has 2 aromatic carbocycles. The van der Waals surface area contributed by atoms with Gasteiger partial charge in [0.15, 0.2) is 0 Å². The van der Waals surface area contributed by atoms with Crippen molar-refractivity contribution < 1.29 is 14.4 Å². The molecule has 0 aliphatic heterocycles. The van der Waals surface area contributed by atoms with Crippen molar-refractivity contribution in [2.75, 3.05) is 11.9 Å². The highest BCUT2D eigenvalue weighted by Gasteiger charge is 2.29. The average molecular weight is 608 g/mol. The van der Waals surface area contributed by atoms with Gasteiger partial charge >= 0.3 is 0 Å². The largest absolute Gasteiger partial charge is 0.348 e. The van der Waals surface area contributed by atoms with Gasteiger partial charge in [0, 0.05) is 40.7 Å². The van der Waals surface area contributed by atoms with Crippen LogP contribution in [0, 0.1) is 18.8 Å². The van der Waals surface area contributed by atoms with Crippen LogP contribution in [0.25, 0.3) is 22.0 Å². The molecule has 45 heavy (non-hydrogen) atoms. The molecule has 3 amide bonds. The normalized spacial score (nSPS) is 19.0. The molecule has 2 aliphatic carbocycles. The van der Waals surface area contributed by atoms with E-state index in [0.717, 1.165) is 78.2 Å². The van der Waals surface area contributed by atoms with Crippen molar-refractivity contribution >= 4 is 34.3 Å². The molecular formula is C35H41N7O3. The summed E-state index contributed by atoms with van der Waals surface area (Å²) in [5, 5.41) is 17.0. The summed E-state index contributed by atoms with van der Waals surface area (Å²) in [5.74, 6) is -0.162. The van der Waals surface area contributed by atoms with Crippen molar-refractivity contribution in [2.45, 2.75) is 70.4 Å². The van der Waals surface area contributed by atoms with E-state index in [-0.39, 0.29) is 29.7 Å². The Balaban J connectivity index is 1.16. The predicted molar refractivity (Wildman–Crippen MR) is 174 cm³/mol. The monoisotopic (exact) mass is 607 g/mol. The lowest BCUT2D eigenvalue weighted by Gasteiger charge is -2.28. The van der Waals surface area contributed by atoms with E-state index in [1.807, 2.05) is 55.5 Å². The average Bonchev–Trinajstić information content (AvgIpc) is 3.51. The Bertz CT molecular complexity index is 1670. The SMILES string of the molecule is Cc1nc(C(=O)NC2CCC2)ccc1-c1ccc(C[C@H](NC(=O)[C@H]2CC[C@H](CN)CC2)C(=O)Nc2ccc3cn[nH]c3c2)cc1. The number of hydrogen-bond acceptors (Lipinski definition) is 6. The second-order valence-corrected chi connectivity index (χ2v) is 12.5. The quantitative estimate of drug-likeness (QED) is 0.177. The summed E-state index contributed by atoms with van der Waals surface area (Å²) in [7, 11) is 0. The van der Waals surface area contributed by atoms with Crippen molar-refractivity contribution in [1.82, 2.24) is 25.8 Å². The van der Waals surface area contributed by atoms with Crippen LogP contribution in [0.5, 0.6) is 0 Å². The van der Waals surface area contributed by atoms with Crippen LogP contribution in [0.15, 0.2) is 60.8 Å². The van der Waals surface area contributed by atoms with Gasteiger partial charge in [0.25, 0.3) is 5.91 Å². The zero-order chi connectivity index (χ0) is 31.3. The maximum atomic E-state index is 13.6. The number of H-pyrrole nitrogens is 1. The van der Waals surface area contributed by atoms with E-state index in [9.17, 15) is 14.4 Å². The Hall–Kier alpha value is -4.57. The summed E-state index contributed by atoms with van der Waals surface area (Å²) in [5.41, 5.74) is 11.3. The van der Waals surface area contributed by atoms with Gasteiger partial charge in [-0.25, -0.2) is 4.98 Å². The molecule has 2 aromatic heterocycles. The number of carbonyl (C=O) groups excluding carboxylic acids is 3. The second kappa shape index (κ2) is 13.6. The maximum absolute atomic E-state index is 13.6. The fraction of sp³-hybridized carbons (Fsp3) is 0.400. The first-order valence-corrected chi connectivity index (χ1v) is 16.0. The highest BCUT2D eigenvalue weighted by atomic mass is 16.2. The van der Waals surface area contributed by atoms with Gasteiger partial charge in [-0.2, -0.15) is 5.10 Å². The first-order chi connectivity index (χ1) is 21.9. The molecule has 10 nitrogen and oxygen atoms in total. The fourth-order valence-electron chi connectivity index (χ4n) is 6.26. The predicted octanol–water partition coefficient (Wildman–Crippen LogP) is 4.65. The molecule has 234 valence electrons. The number of nitrogens with zero attached hydrogens (tertiary/aromatic N) is 2. The van der Waals surface area contributed by atoms with Crippen LogP contribution in [0.4, 0.5) is 5.69 Å². The third kappa shape index (κ3) is 7.23. The highest BCUT2D eigenvalue weighted by molar-refractivity contribution is 5.99. The molecular weight excluding hydrogens is 566 g/mol. The smallest absolute Gasteiger partial charge is 0.270 e. The molecule has 0 saturated heterocycles. The van der Waals surface area contributed by atoms with Gasteiger partial charge in [-0.05, 0) is 99.7 Å². The van der Waals surface area contributed by atoms with Crippen molar-refractivity contribution in [1.29, 1.82) is 0 Å². The van der Waals surface area contributed by atoms with Crippen molar-refractivity contribution in [2.24, 2.45) is 17.6 Å². The Labute approximate surface area is 263 Å². The molecule has 0 bridgehead atoms. The minimum Gasteiger partial charge on any atom is -0.348 e.